The van der Waals surface area contributed by atoms with Gasteiger partial charge >= 0.3 is 0 Å². The Hall–Kier alpha value is -1.46. The number of aromatic nitrogens is 2. The Morgan fingerprint density at radius 1 is 1.39 bits per heavy atom. The number of aromatic amines is 1. The van der Waals surface area contributed by atoms with Gasteiger partial charge in [0.15, 0.2) is 0 Å². The summed E-state index contributed by atoms with van der Waals surface area (Å²) in [5.41, 5.74) is 0.395. The van der Waals surface area contributed by atoms with Gasteiger partial charge in [0, 0.05) is 5.02 Å². The quantitative estimate of drug-likeness (QED) is 0.908. The molecule has 2 aromatic rings. The van der Waals surface area contributed by atoms with E-state index in [0.29, 0.717) is 22.2 Å². The lowest BCUT2D eigenvalue weighted by Crippen LogP contribution is -2.13. The molecule has 0 atom stereocenters. The van der Waals surface area contributed by atoms with Crippen LogP contribution < -0.4 is 5.56 Å². The molecule has 2 rings (SSSR count). The van der Waals surface area contributed by atoms with Crippen LogP contribution in [0.2, 0.25) is 5.02 Å². The fraction of sp³-hybridized carbons (Fsp3) is 0.167. The molecule has 1 aromatic carbocycles. The van der Waals surface area contributed by atoms with Crippen LogP contribution in [0.4, 0.5) is 0 Å². The Bertz CT molecular complexity index is 610. The molecule has 0 aliphatic carbocycles. The molecule has 0 unspecified atom stereocenters. The highest BCUT2D eigenvalue weighted by Crippen LogP contribution is 2.24. The number of nitrogens with zero attached hydrogens (tertiary/aromatic N) is 1. The lowest BCUT2D eigenvalue weighted by Gasteiger charge is -2.05. The second kappa shape index (κ2) is 5.46. The standard InChI is InChI=1S/C12H11ClN2O2S/c1-18-6-9-14-11(16)10(12(17)15-9)7-2-4-8(13)5-3-7/h2-5H,6H2,1H3,(H2,14,15,16,17). The molecular formula is C12H11ClN2O2S. The summed E-state index contributed by atoms with van der Waals surface area (Å²) in [6.07, 6.45) is 1.89. The fourth-order valence-corrected chi connectivity index (χ4v) is 2.12. The predicted molar refractivity (Wildman–Crippen MR) is 74.2 cm³/mol. The van der Waals surface area contributed by atoms with E-state index in [9.17, 15) is 9.90 Å². The van der Waals surface area contributed by atoms with Crippen LogP contribution in [0.3, 0.4) is 0 Å². The summed E-state index contributed by atoms with van der Waals surface area (Å²) in [5.74, 6) is 0.747. The van der Waals surface area contributed by atoms with Crippen molar-refractivity contribution < 1.29 is 5.11 Å². The second-order valence-corrected chi connectivity index (χ2v) is 4.95. The molecule has 1 aromatic heterocycles. The maximum absolute atomic E-state index is 11.9. The third kappa shape index (κ3) is 2.68. The van der Waals surface area contributed by atoms with Gasteiger partial charge in [0.1, 0.15) is 11.4 Å². The predicted octanol–water partition coefficient (Wildman–Crippen LogP) is 2.66. The van der Waals surface area contributed by atoms with Crippen molar-refractivity contribution in [2.24, 2.45) is 0 Å². The highest BCUT2D eigenvalue weighted by Gasteiger charge is 2.12. The maximum Gasteiger partial charge on any atom is 0.262 e. The number of aromatic hydroxyl groups is 1. The smallest absolute Gasteiger partial charge is 0.262 e. The first-order valence-electron chi connectivity index (χ1n) is 5.19. The molecule has 0 bridgehead atoms. The van der Waals surface area contributed by atoms with Crippen LogP contribution in [-0.2, 0) is 5.75 Å². The normalized spacial score (nSPS) is 10.6. The number of rotatable bonds is 3. The van der Waals surface area contributed by atoms with Crippen molar-refractivity contribution in [1.29, 1.82) is 0 Å². The van der Waals surface area contributed by atoms with E-state index in [2.05, 4.69) is 9.97 Å². The lowest BCUT2D eigenvalue weighted by atomic mass is 10.1. The minimum absolute atomic E-state index is 0.163. The Morgan fingerprint density at radius 3 is 2.61 bits per heavy atom. The number of hydrogen-bond donors (Lipinski definition) is 2. The van der Waals surface area contributed by atoms with Crippen molar-refractivity contribution in [3.05, 3.63) is 45.5 Å². The molecule has 0 aliphatic rings. The largest absolute Gasteiger partial charge is 0.493 e. The third-order valence-electron chi connectivity index (χ3n) is 2.36. The number of H-pyrrole nitrogens is 1. The molecule has 94 valence electrons. The van der Waals surface area contributed by atoms with Crippen LogP contribution in [0, 0.1) is 0 Å². The zero-order valence-corrected chi connectivity index (χ0v) is 11.2. The molecule has 6 heteroatoms. The van der Waals surface area contributed by atoms with Crippen molar-refractivity contribution in [2.45, 2.75) is 5.75 Å². The minimum atomic E-state index is -0.353. The van der Waals surface area contributed by atoms with Gasteiger partial charge in [-0.15, -0.1) is 0 Å². The number of thioether (sulfide) groups is 1. The first-order valence-corrected chi connectivity index (χ1v) is 6.96. The average molecular weight is 283 g/mol. The van der Waals surface area contributed by atoms with Crippen molar-refractivity contribution in [3.8, 4) is 17.0 Å². The number of halogens is 1. The van der Waals surface area contributed by atoms with Gasteiger partial charge < -0.3 is 10.1 Å². The van der Waals surface area contributed by atoms with Crippen molar-refractivity contribution in [3.63, 3.8) is 0 Å². The summed E-state index contributed by atoms with van der Waals surface area (Å²) in [7, 11) is 0. The van der Waals surface area contributed by atoms with E-state index in [-0.39, 0.29) is 17.0 Å². The van der Waals surface area contributed by atoms with Crippen LogP contribution >= 0.6 is 23.4 Å². The molecule has 0 saturated carbocycles. The van der Waals surface area contributed by atoms with E-state index >= 15 is 0 Å². The summed E-state index contributed by atoms with van der Waals surface area (Å²) in [4.78, 5) is 18.5. The summed E-state index contributed by atoms with van der Waals surface area (Å²) >= 11 is 7.29. The van der Waals surface area contributed by atoms with Crippen molar-refractivity contribution >= 4 is 23.4 Å². The molecule has 1 heterocycles. The highest BCUT2D eigenvalue weighted by atomic mass is 35.5. The molecule has 0 fully saturated rings. The Balaban J connectivity index is 2.52. The van der Waals surface area contributed by atoms with Gasteiger partial charge in [0.25, 0.3) is 5.56 Å². The summed E-state index contributed by atoms with van der Waals surface area (Å²) in [6.45, 7) is 0. The zero-order valence-electron chi connectivity index (χ0n) is 9.61. The molecule has 0 spiro atoms. The average Bonchev–Trinajstić information content (AvgIpc) is 2.31. The Labute approximate surface area is 113 Å². The third-order valence-corrected chi connectivity index (χ3v) is 3.18. The first-order chi connectivity index (χ1) is 8.61. The van der Waals surface area contributed by atoms with Gasteiger partial charge in [0.05, 0.1) is 5.75 Å². The topological polar surface area (TPSA) is 66.0 Å². The van der Waals surface area contributed by atoms with Gasteiger partial charge in [-0.2, -0.15) is 16.7 Å². The summed E-state index contributed by atoms with van der Waals surface area (Å²) < 4.78 is 0. The van der Waals surface area contributed by atoms with Crippen molar-refractivity contribution in [1.82, 2.24) is 9.97 Å². The summed E-state index contributed by atoms with van der Waals surface area (Å²) in [5, 5.41) is 10.4. The molecule has 4 nitrogen and oxygen atoms in total. The van der Waals surface area contributed by atoms with Crippen LogP contribution in [0.15, 0.2) is 29.1 Å². The van der Waals surface area contributed by atoms with Crippen LogP contribution in [0.5, 0.6) is 5.88 Å². The SMILES string of the molecule is CSCc1nc(O)c(-c2ccc(Cl)cc2)c(=O)[nH]1. The minimum Gasteiger partial charge on any atom is -0.493 e. The van der Waals surface area contributed by atoms with Crippen molar-refractivity contribution in [2.75, 3.05) is 6.26 Å². The fourth-order valence-electron chi connectivity index (χ4n) is 1.59. The van der Waals surface area contributed by atoms with E-state index in [1.165, 1.54) is 11.8 Å². The Morgan fingerprint density at radius 2 is 2.06 bits per heavy atom. The van der Waals surface area contributed by atoms with E-state index in [4.69, 9.17) is 11.6 Å². The zero-order chi connectivity index (χ0) is 13.1. The monoisotopic (exact) mass is 282 g/mol. The number of benzene rings is 1. The molecule has 0 amide bonds. The first kappa shape index (κ1) is 13.0. The van der Waals surface area contributed by atoms with E-state index in [0.717, 1.165) is 0 Å². The Kier molecular flexibility index (Phi) is 3.93. The lowest BCUT2D eigenvalue weighted by molar-refractivity contribution is 0.451. The van der Waals surface area contributed by atoms with E-state index < -0.39 is 0 Å². The maximum atomic E-state index is 11.9. The second-order valence-electron chi connectivity index (χ2n) is 3.65. The molecule has 18 heavy (non-hydrogen) atoms. The number of hydrogen-bond acceptors (Lipinski definition) is 4. The molecule has 0 aliphatic heterocycles. The van der Waals surface area contributed by atoms with Crippen LogP contribution in [0.1, 0.15) is 5.82 Å². The molecular weight excluding hydrogens is 272 g/mol. The molecule has 0 saturated heterocycles. The molecule has 2 N–H and O–H groups in total. The van der Waals surface area contributed by atoms with E-state index in [1.807, 2.05) is 6.26 Å². The van der Waals surface area contributed by atoms with Gasteiger partial charge in [-0.25, -0.2) is 0 Å². The number of nitrogens with one attached hydrogen (secondary N) is 1. The highest BCUT2D eigenvalue weighted by molar-refractivity contribution is 7.97. The van der Waals surface area contributed by atoms with Gasteiger partial charge in [0.2, 0.25) is 5.88 Å². The van der Waals surface area contributed by atoms with Crippen LogP contribution in [-0.4, -0.2) is 21.3 Å². The van der Waals surface area contributed by atoms with E-state index in [1.54, 1.807) is 24.3 Å². The van der Waals surface area contributed by atoms with Gasteiger partial charge in [-0.05, 0) is 24.0 Å². The summed E-state index contributed by atoms with van der Waals surface area (Å²) in [6, 6.07) is 6.66. The van der Waals surface area contributed by atoms with Gasteiger partial charge in [-0.1, -0.05) is 23.7 Å². The molecule has 0 radical (unpaired) electrons. The van der Waals surface area contributed by atoms with Crippen LogP contribution in [0.25, 0.3) is 11.1 Å². The van der Waals surface area contributed by atoms with Gasteiger partial charge in [-0.3, -0.25) is 4.79 Å².